The molecule has 74 valence electrons. The van der Waals surface area contributed by atoms with Gasteiger partial charge >= 0.3 is 5.97 Å². The first-order valence-corrected chi connectivity index (χ1v) is 5.31. The zero-order valence-corrected chi connectivity index (χ0v) is 8.34. The number of hydrogen-bond acceptors (Lipinski definition) is 3. The maximum atomic E-state index is 11.5. The van der Waals surface area contributed by atoms with Crippen molar-refractivity contribution in [2.75, 3.05) is 25.1 Å². The lowest BCUT2D eigenvalue weighted by molar-refractivity contribution is -0.144. The highest BCUT2D eigenvalue weighted by molar-refractivity contribution is 7.99. The molecule has 1 aliphatic heterocycles. The molecule has 0 bridgehead atoms. The Hall–Kier alpha value is -0.710. The zero-order valence-electron chi connectivity index (χ0n) is 7.52. The molecule has 0 aromatic carbocycles. The van der Waals surface area contributed by atoms with Gasteiger partial charge in [-0.15, -0.1) is 0 Å². The number of aliphatic carboxylic acids is 1. The minimum atomic E-state index is -0.957. The number of amides is 1. The highest BCUT2D eigenvalue weighted by Gasteiger charge is 2.26. The fourth-order valence-electron chi connectivity index (χ4n) is 1.32. The quantitative estimate of drug-likeness (QED) is 0.716. The summed E-state index contributed by atoms with van der Waals surface area (Å²) in [5.41, 5.74) is 0. The molecule has 1 rings (SSSR count). The van der Waals surface area contributed by atoms with E-state index in [4.69, 9.17) is 5.11 Å². The monoisotopic (exact) mass is 203 g/mol. The average Bonchev–Trinajstić information content (AvgIpc) is 2.53. The van der Waals surface area contributed by atoms with E-state index in [0.29, 0.717) is 0 Å². The van der Waals surface area contributed by atoms with Crippen LogP contribution in [-0.2, 0) is 9.59 Å². The van der Waals surface area contributed by atoms with Crippen LogP contribution < -0.4 is 0 Å². The molecular weight excluding hydrogens is 190 g/mol. The Bertz CT molecular complexity index is 213. The second kappa shape index (κ2) is 4.50. The van der Waals surface area contributed by atoms with E-state index in [2.05, 4.69) is 0 Å². The van der Waals surface area contributed by atoms with Gasteiger partial charge in [-0.3, -0.25) is 9.59 Å². The minimum absolute atomic E-state index is 0.0348. The van der Waals surface area contributed by atoms with E-state index in [1.54, 1.807) is 18.8 Å². The Balaban J connectivity index is 2.41. The SMILES string of the molecule is CN(CC(=O)O)C(=O)C1CCSC1. The molecule has 0 radical (unpaired) electrons. The molecule has 1 fully saturated rings. The third-order valence-electron chi connectivity index (χ3n) is 2.03. The van der Waals surface area contributed by atoms with E-state index in [1.165, 1.54) is 4.90 Å². The highest BCUT2D eigenvalue weighted by atomic mass is 32.2. The molecule has 0 spiro atoms. The van der Waals surface area contributed by atoms with Gasteiger partial charge in [-0.05, 0) is 12.2 Å². The Kier molecular flexibility index (Phi) is 3.59. The summed E-state index contributed by atoms with van der Waals surface area (Å²) in [4.78, 5) is 23.2. The number of carbonyl (C=O) groups excluding carboxylic acids is 1. The summed E-state index contributed by atoms with van der Waals surface area (Å²) in [5, 5.41) is 8.48. The Labute approximate surface area is 81.3 Å². The number of rotatable bonds is 3. The lowest BCUT2D eigenvalue weighted by atomic mass is 10.1. The highest BCUT2D eigenvalue weighted by Crippen LogP contribution is 2.24. The standard InChI is InChI=1S/C8H13NO3S/c1-9(4-7(10)11)8(12)6-2-3-13-5-6/h6H,2-5H2,1H3,(H,10,11). The molecule has 1 heterocycles. The van der Waals surface area contributed by atoms with Crippen LogP contribution in [-0.4, -0.2) is 47.0 Å². The first kappa shape index (κ1) is 10.4. The molecular formula is C8H13NO3S. The largest absolute Gasteiger partial charge is 0.480 e. The Morgan fingerprint density at radius 2 is 2.31 bits per heavy atom. The predicted molar refractivity (Wildman–Crippen MR) is 50.7 cm³/mol. The van der Waals surface area contributed by atoms with Gasteiger partial charge in [0.2, 0.25) is 5.91 Å². The van der Waals surface area contributed by atoms with Crippen LogP contribution in [0.3, 0.4) is 0 Å². The number of likely N-dealkylation sites (N-methyl/N-ethyl adjacent to an activating group) is 1. The van der Waals surface area contributed by atoms with Crippen molar-refractivity contribution < 1.29 is 14.7 Å². The van der Waals surface area contributed by atoms with E-state index in [9.17, 15) is 9.59 Å². The van der Waals surface area contributed by atoms with Crippen LogP contribution >= 0.6 is 11.8 Å². The maximum Gasteiger partial charge on any atom is 0.323 e. The van der Waals surface area contributed by atoms with Gasteiger partial charge in [0.15, 0.2) is 0 Å². The third-order valence-corrected chi connectivity index (χ3v) is 3.19. The van der Waals surface area contributed by atoms with Crippen molar-refractivity contribution in [1.82, 2.24) is 4.90 Å². The van der Waals surface area contributed by atoms with Crippen molar-refractivity contribution in [3.63, 3.8) is 0 Å². The van der Waals surface area contributed by atoms with E-state index in [0.717, 1.165) is 17.9 Å². The van der Waals surface area contributed by atoms with E-state index in [-0.39, 0.29) is 18.4 Å². The smallest absolute Gasteiger partial charge is 0.323 e. The predicted octanol–water partition coefficient (Wildman–Crippen LogP) is 0.283. The molecule has 0 aromatic heterocycles. The van der Waals surface area contributed by atoms with Crippen molar-refractivity contribution in [1.29, 1.82) is 0 Å². The van der Waals surface area contributed by atoms with Crippen molar-refractivity contribution in [2.24, 2.45) is 5.92 Å². The molecule has 1 atom stereocenters. The van der Waals surface area contributed by atoms with Gasteiger partial charge in [0.05, 0.1) is 0 Å². The molecule has 4 nitrogen and oxygen atoms in total. The van der Waals surface area contributed by atoms with Crippen LogP contribution in [0.25, 0.3) is 0 Å². The summed E-state index contributed by atoms with van der Waals surface area (Å²) in [6.07, 6.45) is 0.882. The van der Waals surface area contributed by atoms with Gasteiger partial charge in [-0.1, -0.05) is 0 Å². The number of carbonyl (C=O) groups is 2. The summed E-state index contributed by atoms with van der Waals surface area (Å²) in [6, 6.07) is 0. The Morgan fingerprint density at radius 3 is 2.77 bits per heavy atom. The average molecular weight is 203 g/mol. The summed E-state index contributed by atoms with van der Waals surface area (Å²) in [7, 11) is 1.54. The molecule has 1 saturated heterocycles. The molecule has 13 heavy (non-hydrogen) atoms. The van der Waals surface area contributed by atoms with Gasteiger partial charge in [0.1, 0.15) is 6.54 Å². The number of carboxylic acids is 1. The number of carboxylic acid groups (broad SMARTS) is 1. The molecule has 5 heteroatoms. The van der Waals surface area contributed by atoms with Crippen LogP contribution in [0.5, 0.6) is 0 Å². The van der Waals surface area contributed by atoms with Crippen molar-refractivity contribution >= 4 is 23.6 Å². The van der Waals surface area contributed by atoms with Crippen LogP contribution in [0.4, 0.5) is 0 Å². The van der Waals surface area contributed by atoms with Crippen LogP contribution in [0.15, 0.2) is 0 Å². The summed E-state index contributed by atoms with van der Waals surface area (Å²) in [6.45, 7) is -0.194. The van der Waals surface area contributed by atoms with Gasteiger partial charge < -0.3 is 10.0 Å². The number of thioether (sulfide) groups is 1. The van der Waals surface area contributed by atoms with Crippen molar-refractivity contribution in [3.8, 4) is 0 Å². The van der Waals surface area contributed by atoms with E-state index < -0.39 is 5.97 Å². The van der Waals surface area contributed by atoms with Crippen molar-refractivity contribution in [2.45, 2.75) is 6.42 Å². The normalized spacial score (nSPS) is 21.5. The second-order valence-corrected chi connectivity index (χ2v) is 4.30. The van der Waals surface area contributed by atoms with Gasteiger partial charge in [-0.25, -0.2) is 0 Å². The molecule has 1 amide bonds. The van der Waals surface area contributed by atoms with Gasteiger partial charge in [0, 0.05) is 18.7 Å². The summed E-state index contributed by atoms with van der Waals surface area (Å²) >= 11 is 1.75. The van der Waals surface area contributed by atoms with Crippen LogP contribution in [0.1, 0.15) is 6.42 Å². The van der Waals surface area contributed by atoms with Gasteiger partial charge in [0.25, 0.3) is 0 Å². The number of hydrogen-bond donors (Lipinski definition) is 1. The maximum absolute atomic E-state index is 11.5. The van der Waals surface area contributed by atoms with E-state index in [1.807, 2.05) is 0 Å². The lowest BCUT2D eigenvalue weighted by Crippen LogP contribution is -2.36. The second-order valence-electron chi connectivity index (χ2n) is 3.15. The molecule has 0 saturated carbocycles. The van der Waals surface area contributed by atoms with E-state index >= 15 is 0 Å². The summed E-state index contributed by atoms with van der Waals surface area (Å²) in [5.74, 6) is 0.892. The minimum Gasteiger partial charge on any atom is -0.480 e. The molecule has 1 unspecified atom stereocenters. The summed E-state index contributed by atoms with van der Waals surface area (Å²) < 4.78 is 0. The fraction of sp³-hybridized carbons (Fsp3) is 0.750. The Morgan fingerprint density at radius 1 is 1.62 bits per heavy atom. The fourth-order valence-corrected chi connectivity index (χ4v) is 2.53. The van der Waals surface area contributed by atoms with Gasteiger partial charge in [-0.2, -0.15) is 11.8 Å². The molecule has 1 N–H and O–H groups in total. The zero-order chi connectivity index (χ0) is 9.84. The third kappa shape index (κ3) is 2.91. The number of nitrogens with zero attached hydrogens (tertiary/aromatic N) is 1. The first-order valence-electron chi connectivity index (χ1n) is 4.15. The molecule has 1 aliphatic rings. The molecule has 0 aromatic rings. The molecule has 0 aliphatic carbocycles. The first-order chi connectivity index (χ1) is 6.11. The van der Waals surface area contributed by atoms with Crippen molar-refractivity contribution in [3.05, 3.63) is 0 Å². The topological polar surface area (TPSA) is 57.6 Å². The van der Waals surface area contributed by atoms with Crippen LogP contribution in [0, 0.1) is 5.92 Å². The lowest BCUT2D eigenvalue weighted by Gasteiger charge is -2.18. The van der Waals surface area contributed by atoms with Crippen LogP contribution in [0.2, 0.25) is 0 Å².